The number of ether oxygens (including phenoxy) is 2. The van der Waals surface area contributed by atoms with E-state index in [1.807, 2.05) is 0 Å². The molecule has 4 aromatic rings. The van der Waals surface area contributed by atoms with Crippen molar-refractivity contribution in [1.82, 2.24) is 34.9 Å². The molecule has 1 amide bonds. The SMILES string of the molecule is C=CC(=O)N1CCN(c2nc(OC[C@H]3CCCN(C)C3)nc3c(Oc4c(Cl)c(F)cc5[nH]ncc45)nccc23)CC1. The number of halogens is 2. The van der Waals surface area contributed by atoms with Crippen molar-refractivity contribution in [3.63, 3.8) is 0 Å². The third-order valence-corrected chi connectivity index (χ3v) is 7.92. The molecule has 0 bridgehead atoms. The highest BCUT2D eigenvalue weighted by atomic mass is 35.5. The molecule has 2 saturated heterocycles. The lowest BCUT2D eigenvalue weighted by atomic mass is 10.00. The van der Waals surface area contributed by atoms with Crippen LogP contribution in [0, 0.1) is 11.7 Å². The molecular weight excluding hydrogens is 551 g/mol. The van der Waals surface area contributed by atoms with E-state index in [2.05, 4.69) is 38.6 Å². The predicted octanol–water partition coefficient (Wildman–Crippen LogP) is 4.04. The van der Waals surface area contributed by atoms with Gasteiger partial charge in [-0.3, -0.25) is 9.89 Å². The lowest BCUT2D eigenvalue weighted by Gasteiger charge is -2.35. The third-order valence-electron chi connectivity index (χ3n) is 7.57. The Morgan fingerprint density at radius 2 is 2.07 bits per heavy atom. The summed E-state index contributed by atoms with van der Waals surface area (Å²) in [5.41, 5.74) is 0.834. The average molecular weight is 581 g/mol. The standard InChI is InChI=1S/C28H30ClFN8O3/c1-3-22(39)37-9-11-38(12-10-37)26-18-6-7-31-27(41-25-19-14-32-35-21(19)13-20(30)23(25)29)24(18)33-28(34-26)40-16-17-5-4-8-36(2)15-17/h3,6-7,13-14,17H,1,4-5,8-12,15-16H2,2H3,(H,32,35)/t17-/m0/s1. The molecular formula is C28H30ClFN8O3. The number of pyridine rings is 1. The second-order valence-corrected chi connectivity index (χ2v) is 10.8. The molecule has 13 heteroatoms. The fourth-order valence-electron chi connectivity index (χ4n) is 5.44. The van der Waals surface area contributed by atoms with Gasteiger partial charge in [-0.1, -0.05) is 18.2 Å². The molecule has 6 rings (SSSR count). The van der Waals surface area contributed by atoms with Gasteiger partial charge in [0.2, 0.25) is 11.8 Å². The lowest BCUT2D eigenvalue weighted by Crippen LogP contribution is -2.48. The number of aromatic amines is 1. The van der Waals surface area contributed by atoms with Crippen molar-refractivity contribution in [2.45, 2.75) is 12.8 Å². The summed E-state index contributed by atoms with van der Waals surface area (Å²) in [5.74, 6) is 0.458. The zero-order valence-corrected chi connectivity index (χ0v) is 23.4. The Balaban J connectivity index is 1.38. The van der Waals surface area contributed by atoms with Crippen LogP contribution in [0.3, 0.4) is 0 Å². The average Bonchev–Trinajstić information content (AvgIpc) is 3.46. The topological polar surface area (TPSA) is 113 Å². The Kier molecular flexibility index (Phi) is 7.59. The number of benzene rings is 1. The molecule has 5 heterocycles. The van der Waals surface area contributed by atoms with Crippen LogP contribution in [0.5, 0.6) is 17.6 Å². The number of piperazine rings is 1. The van der Waals surface area contributed by atoms with Crippen LogP contribution in [-0.2, 0) is 4.79 Å². The molecule has 0 unspecified atom stereocenters. The Bertz CT molecular complexity index is 1610. The number of amides is 1. The quantitative estimate of drug-likeness (QED) is 0.324. The maximum Gasteiger partial charge on any atom is 0.319 e. The lowest BCUT2D eigenvalue weighted by molar-refractivity contribution is -0.126. The van der Waals surface area contributed by atoms with Gasteiger partial charge in [0.15, 0.2) is 5.75 Å². The first-order valence-electron chi connectivity index (χ1n) is 13.5. The zero-order valence-electron chi connectivity index (χ0n) is 22.6. The molecule has 1 atom stereocenters. The van der Waals surface area contributed by atoms with Gasteiger partial charge in [0.1, 0.15) is 22.2 Å². The number of H-pyrrole nitrogens is 1. The van der Waals surface area contributed by atoms with Gasteiger partial charge in [0, 0.05) is 50.9 Å². The van der Waals surface area contributed by atoms with Crippen molar-refractivity contribution in [3.8, 4) is 17.6 Å². The van der Waals surface area contributed by atoms with E-state index >= 15 is 0 Å². The fourth-order valence-corrected chi connectivity index (χ4v) is 5.64. The molecule has 214 valence electrons. The Hall–Kier alpha value is -4.03. The van der Waals surface area contributed by atoms with Gasteiger partial charge in [-0.2, -0.15) is 15.1 Å². The van der Waals surface area contributed by atoms with Crippen molar-refractivity contribution in [2.24, 2.45) is 5.92 Å². The van der Waals surface area contributed by atoms with E-state index in [4.69, 9.17) is 31.0 Å². The first-order chi connectivity index (χ1) is 19.9. The number of carbonyl (C=O) groups excluding carboxylic acids is 1. The van der Waals surface area contributed by atoms with E-state index in [9.17, 15) is 9.18 Å². The van der Waals surface area contributed by atoms with E-state index in [0.717, 1.165) is 25.9 Å². The molecule has 1 aromatic carbocycles. The summed E-state index contributed by atoms with van der Waals surface area (Å²) in [5, 5.41) is 7.73. The summed E-state index contributed by atoms with van der Waals surface area (Å²) in [6, 6.07) is 3.26. The number of anilines is 1. The van der Waals surface area contributed by atoms with E-state index < -0.39 is 5.82 Å². The molecule has 2 aliphatic rings. The maximum atomic E-state index is 14.6. The summed E-state index contributed by atoms with van der Waals surface area (Å²) in [4.78, 5) is 32.2. The zero-order chi connectivity index (χ0) is 28.5. The van der Waals surface area contributed by atoms with Gasteiger partial charge in [0.05, 0.1) is 29.1 Å². The number of fused-ring (bicyclic) bond motifs is 2. The first kappa shape index (κ1) is 27.2. The van der Waals surface area contributed by atoms with Gasteiger partial charge < -0.3 is 24.2 Å². The second-order valence-electron chi connectivity index (χ2n) is 10.4. The van der Waals surface area contributed by atoms with Gasteiger partial charge in [-0.15, -0.1) is 0 Å². The molecule has 0 aliphatic carbocycles. The number of piperidine rings is 1. The highest BCUT2D eigenvalue weighted by Crippen LogP contribution is 2.40. The van der Waals surface area contributed by atoms with Crippen molar-refractivity contribution in [3.05, 3.63) is 48.0 Å². The normalized spacial score (nSPS) is 18.2. The molecule has 0 radical (unpaired) electrons. The minimum Gasteiger partial charge on any atom is -0.463 e. The van der Waals surface area contributed by atoms with E-state index in [1.165, 1.54) is 18.3 Å². The first-order valence-corrected chi connectivity index (χ1v) is 13.9. The summed E-state index contributed by atoms with van der Waals surface area (Å²) in [6.45, 7) is 8.24. The largest absolute Gasteiger partial charge is 0.463 e. The second kappa shape index (κ2) is 11.5. The summed E-state index contributed by atoms with van der Waals surface area (Å²) >= 11 is 6.33. The minimum absolute atomic E-state index is 0.0832. The van der Waals surface area contributed by atoms with E-state index in [-0.39, 0.29) is 28.6 Å². The summed E-state index contributed by atoms with van der Waals surface area (Å²) < 4.78 is 27.0. The van der Waals surface area contributed by atoms with Crippen LogP contribution in [-0.4, -0.2) is 93.8 Å². The van der Waals surface area contributed by atoms with Crippen LogP contribution in [0.4, 0.5) is 10.2 Å². The van der Waals surface area contributed by atoms with Crippen molar-refractivity contribution < 1.29 is 18.7 Å². The number of likely N-dealkylation sites (tertiary alicyclic amines) is 1. The number of nitrogens with zero attached hydrogens (tertiary/aromatic N) is 7. The number of carbonyl (C=O) groups is 1. The summed E-state index contributed by atoms with van der Waals surface area (Å²) in [7, 11) is 2.11. The van der Waals surface area contributed by atoms with Crippen LogP contribution < -0.4 is 14.4 Å². The number of hydrogen-bond acceptors (Lipinski definition) is 9. The molecule has 2 aliphatic heterocycles. The van der Waals surface area contributed by atoms with Crippen molar-refractivity contribution in [2.75, 3.05) is 57.8 Å². The highest BCUT2D eigenvalue weighted by molar-refractivity contribution is 6.33. The van der Waals surface area contributed by atoms with Gasteiger partial charge in [-0.05, 0) is 38.6 Å². The maximum absolute atomic E-state index is 14.6. The Labute approximate surface area is 240 Å². The fraction of sp³-hybridized carbons (Fsp3) is 0.393. The molecule has 0 saturated carbocycles. The third kappa shape index (κ3) is 5.49. The van der Waals surface area contributed by atoms with Crippen molar-refractivity contribution >= 4 is 45.1 Å². The molecule has 1 N–H and O–H groups in total. The molecule has 0 spiro atoms. The predicted molar refractivity (Wildman–Crippen MR) is 153 cm³/mol. The minimum atomic E-state index is -0.651. The smallest absolute Gasteiger partial charge is 0.319 e. The van der Waals surface area contributed by atoms with Gasteiger partial charge in [0.25, 0.3) is 0 Å². The van der Waals surface area contributed by atoms with Crippen LogP contribution >= 0.6 is 11.6 Å². The monoisotopic (exact) mass is 580 g/mol. The number of rotatable bonds is 7. The Morgan fingerprint density at radius 3 is 2.85 bits per heavy atom. The number of hydrogen-bond donors (Lipinski definition) is 1. The van der Waals surface area contributed by atoms with Crippen LogP contribution in [0.25, 0.3) is 21.8 Å². The van der Waals surface area contributed by atoms with Gasteiger partial charge >= 0.3 is 6.01 Å². The van der Waals surface area contributed by atoms with Crippen LogP contribution in [0.1, 0.15) is 12.8 Å². The molecule has 2 fully saturated rings. The van der Waals surface area contributed by atoms with Gasteiger partial charge in [-0.25, -0.2) is 9.37 Å². The highest BCUT2D eigenvalue weighted by Gasteiger charge is 2.26. The van der Waals surface area contributed by atoms with Crippen LogP contribution in [0.2, 0.25) is 5.02 Å². The molecule has 41 heavy (non-hydrogen) atoms. The molecule has 3 aromatic heterocycles. The molecule has 11 nitrogen and oxygen atoms in total. The van der Waals surface area contributed by atoms with E-state index in [1.54, 1.807) is 17.2 Å². The summed E-state index contributed by atoms with van der Waals surface area (Å²) in [6.07, 6.45) is 6.61. The van der Waals surface area contributed by atoms with Crippen molar-refractivity contribution in [1.29, 1.82) is 0 Å². The van der Waals surface area contributed by atoms with Crippen LogP contribution in [0.15, 0.2) is 37.2 Å². The number of aromatic nitrogens is 5. The Morgan fingerprint density at radius 1 is 1.24 bits per heavy atom. The number of nitrogens with one attached hydrogen (secondary N) is 1. The van der Waals surface area contributed by atoms with E-state index in [0.29, 0.717) is 66.3 Å².